The molecule has 0 spiro atoms. The van der Waals surface area contributed by atoms with Crippen molar-refractivity contribution in [3.63, 3.8) is 0 Å². The number of methoxy groups -OCH3 is 1. The Morgan fingerprint density at radius 1 is 1.53 bits per heavy atom. The van der Waals surface area contributed by atoms with E-state index in [4.69, 9.17) is 9.47 Å². The summed E-state index contributed by atoms with van der Waals surface area (Å²) in [4.78, 5) is 25.3. The number of rotatable bonds is 6. The zero-order valence-corrected chi connectivity index (χ0v) is 12.0. The number of morpholine rings is 1. The van der Waals surface area contributed by atoms with E-state index in [1.54, 1.807) is 0 Å². The van der Waals surface area contributed by atoms with E-state index in [2.05, 4.69) is 12.2 Å². The molecule has 1 rings (SSSR count). The molecule has 0 aromatic carbocycles. The molecule has 1 aliphatic heterocycles. The number of nitrogens with one attached hydrogen (secondary N) is 1. The molecule has 0 saturated carbocycles. The molecule has 6 nitrogen and oxygen atoms in total. The van der Waals surface area contributed by atoms with Gasteiger partial charge in [0.25, 0.3) is 0 Å². The summed E-state index contributed by atoms with van der Waals surface area (Å²) in [6, 6.07) is -0.318. The number of carbonyl (C=O) groups excluding carboxylic acids is 2. The maximum atomic E-state index is 11.9. The zero-order chi connectivity index (χ0) is 14.3. The number of esters is 1. The van der Waals surface area contributed by atoms with Crippen molar-refractivity contribution >= 4 is 11.9 Å². The molecule has 1 heterocycles. The second kappa shape index (κ2) is 8.12. The van der Waals surface area contributed by atoms with Gasteiger partial charge >= 0.3 is 5.97 Å². The molecule has 0 aliphatic carbocycles. The topological polar surface area (TPSA) is 67.9 Å². The van der Waals surface area contributed by atoms with E-state index in [-0.39, 0.29) is 31.1 Å². The fourth-order valence-electron chi connectivity index (χ4n) is 2.19. The highest BCUT2D eigenvalue weighted by Crippen LogP contribution is 2.08. The summed E-state index contributed by atoms with van der Waals surface area (Å²) in [7, 11) is 1.35. The minimum absolute atomic E-state index is 0.0586. The van der Waals surface area contributed by atoms with Crippen LogP contribution in [0.5, 0.6) is 0 Å². The average Bonchev–Trinajstić information content (AvgIpc) is 2.38. The molecule has 0 bridgehead atoms. The van der Waals surface area contributed by atoms with Gasteiger partial charge in [0.15, 0.2) is 0 Å². The molecule has 1 fully saturated rings. The normalized spacial score (nSPS) is 21.7. The summed E-state index contributed by atoms with van der Waals surface area (Å²) in [6.45, 7) is 5.65. The Morgan fingerprint density at radius 3 is 2.89 bits per heavy atom. The molecular weight excluding hydrogens is 248 g/mol. The van der Waals surface area contributed by atoms with Crippen molar-refractivity contribution in [2.45, 2.75) is 38.8 Å². The van der Waals surface area contributed by atoms with Gasteiger partial charge in [0, 0.05) is 12.6 Å². The maximum Gasteiger partial charge on any atom is 0.325 e. The number of hydrogen-bond donors (Lipinski definition) is 1. The SMILES string of the molecule is CCCC(C)NC(=O)CN1CCOCC1C(=O)OC. The lowest BCUT2D eigenvalue weighted by Gasteiger charge is -2.33. The number of carbonyl (C=O) groups is 2. The van der Waals surface area contributed by atoms with Crippen LogP contribution in [0.4, 0.5) is 0 Å². The Balaban J connectivity index is 2.48. The molecular formula is C13H24N2O4. The third-order valence-electron chi connectivity index (χ3n) is 3.19. The van der Waals surface area contributed by atoms with Gasteiger partial charge in [0.2, 0.25) is 5.91 Å². The van der Waals surface area contributed by atoms with E-state index in [1.165, 1.54) is 7.11 Å². The minimum atomic E-state index is -0.481. The van der Waals surface area contributed by atoms with Gasteiger partial charge < -0.3 is 14.8 Å². The van der Waals surface area contributed by atoms with Crippen LogP contribution in [0.15, 0.2) is 0 Å². The molecule has 110 valence electrons. The lowest BCUT2D eigenvalue weighted by atomic mass is 10.2. The van der Waals surface area contributed by atoms with Crippen LogP contribution >= 0.6 is 0 Å². The largest absolute Gasteiger partial charge is 0.468 e. The standard InChI is InChI=1S/C13H24N2O4/c1-4-5-10(2)14-12(16)8-15-6-7-19-9-11(15)13(17)18-3/h10-11H,4-9H2,1-3H3,(H,14,16). The average molecular weight is 272 g/mol. The molecule has 0 aromatic heterocycles. The highest BCUT2D eigenvalue weighted by atomic mass is 16.5. The molecule has 6 heteroatoms. The lowest BCUT2D eigenvalue weighted by molar-refractivity contribution is -0.154. The molecule has 0 radical (unpaired) electrons. The first-order valence-corrected chi connectivity index (χ1v) is 6.77. The predicted molar refractivity (Wildman–Crippen MR) is 70.7 cm³/mol. The Labute approximate surface area is 114 Å². The van der Waals surface area contributed by atoms with E-state index in [0.29, 0.717) is 13.2 Å². The van der Waals surface area contributed by atoms with E-state index < -0.39 is 6.04 Å². The summed E-state index contributed by atoms with van der Waals surface area (Å²) in [5.41, 5.74) is 0. The van der Waals surface area contributed by atoms with Gasteiger partial charge in [-0.15, -0.1) is 0 Å². The van der Waals surface area contributed by atoms with Crippen molar-refractivity contribution in [2.75, 3.05) is 33.4 Å². The predicted octanol–water partition coefficient (Wildman–Crippen LogP) is 0.165. The number of ether oxygens (including phenoxy) is 2. The van der Waals surface area contributed by atoms with Crippen LogP contribution in [0.1, 0.15) is 26.7 Å². The third-order valence-corrected chi connectivity index (χ3v) is 3.19. The van der Waals surface area contributed by atoms with E-state index in [9.17, 15) is 9.59 Å². The van der Waals surface area contributed by atoms with Crippen LogP contribution in [-0.2, 0) is 19.1 Å². The highest BCUT2D eigenvalue weighted by Gasteiger charge is 2.31. The molecule has 0 aromatic rings. The van der Waals surface area contributed by atoms with Gasteiger partial charge in [-0.25, -0.2) is 0 Å². The zero-order valence-electron chi connectivity index (χ0n) is 12.0. The fourth-order valence-corrected chi connectivity index (χ4v) is 2.19. The van der Waals surface area contributed by atoms with Gasteiger partial charge in [-0.3, -0.25) is 14.5 Å². The summed E-state index contributed by atoms with van der Waals surface area (Å²) in [5, 5.41) is 2.93. The van der Waals surface area contributed by atoms with Crippen molar-refractivity contribution in [2.24, 2.45) is 0 Å². The third kappa shape index (κ3) is 5.16. The molecule has 1 saturated heterocycles. The maximum absolute atomic E-state index is 11.9. The molecule has 1 N–H and O–H groups in total. The van der Waals surface area contributed by atoms with Gasteiger partial charge in [-0.05, 0) is 13.3 Å². The van der Waals surface area contributed by atoms with Gasteiger partial charge in [0.1, 0.15) is 6.04 Å². The Kier molecular flexibility index (Phi) is 6.80. The monoisotopic (exact) mass is 272 g/mol. The van der Waals surface area contributed by atoms with Crippen LogP contribution in [0.2, 0.25) is 0 Å². The second-order valence-corrected chi connectivity index (χ2v) is 4.84. The van der Waals surface area contributed by atoms with Crippen LogP contribution in [-0.4, -0.2) is 62.3 Å². The Bertz CT molecular complexity index is 309. The first-order valence-electron chi connectivity index (χ1n) is 6.77. The molecule has 19 heavy (non-hydrogen) atoms. The Morgan fingerprint density at radius 2 is 2.26 bits per heavy atom. The van der Waals surface area contributed by atoms with E-state index >= 15 is 0 Å². The quantitative estimate of drug-likeness (QED) is 0.698. The van der Waals surface area contributed by atoms with Crippen molar-refractivity contribution in [1.29, 1.82) is 0 Å². The Hall–Kier alpha value is -1.14. The van der Waals surface area contributed by atoms with E-state index in [0.717, 1.165) is 12.8 Å². The van der Waals surface area contributed by atoms with E-state index in [1.807, 2.05) is 11.8 Å². The van der Waals surface area contributed by atoms with Crippen molar-refractivity contribution < 1.29 is 19.1 Å². The van der Waals surface area contributed by atoms with Crippen LogP contribution in [0, 0.1) is 0 Å². The smallest absolute Gasteiger partial charge is 0.325 e. The molecule has 2 unspecified atom stereocenters. The molecule has 2 atom stereocenters. The number of amides is 1. The first-order chi connectivity index (χ1) is 9.08. The summed E-state index contributed by atoms with van der Waals surface area (Å²) < 4.78 is 9.99. The molecule has 1 aliphatic rings. The van der Waals surface area contributed by atoms with Crippen molar-refractivity contribution in [3.8, 4) is 0 Å². The second-order valence-electron chi connectivity index (χ2n) is 4.84. The fraction of sp³-hybridized carbons (Fsp3) is 0.846. The van der Waals surface area contributed by atoms with Crippen molar-refractivity contribution in [1.82, 2.24) is 10.2 Å². The number of hydrogen-bond acceptors (Lipinski definition) is 5. The highest BCUT2D eigenvalue weighted by molar-refractivity contribution is 5.80. The van der Waals surface area contributed by atoms with Crippen molar-refractivity contribution in [3.05, 3.63) is 0 Å². The lowest BCUT2D eigenvalue weighted by Crippen LogP contribution is -2.54. The summed E-state index contributed by atoms with van der Waals surface area (Å²) in [6.07, 6.45) is 1.99. The van der Waals surface area contributed by atoms with Gasteiger partial charge in [0.05, 0.1) is 26.9 Å². The van der Waals surface area contributed by atoms with Gasteiger partial charge in [-0.2, -0.15) is 0 Å². The van der Waals surface area contributed by atoms with Crippen LogP contribution in [0.25, 0.3) is 0 Å². The van der Waals surface area contributed by atoms with Gasteiger partial charge in [-0.1, -0.05) is 13.3 Å². The minimum Gasteiger partial charge on any atom is -0.468 e. The summed E-state index contributed by atoms with van der Waals surface area (Å²) >= 11 is 0. The molecule has 1 amide bonds. The number of nitrogens with zero attached hydrogens (tertiary/aromatic N) is 1. The van der Waals surface area contributed by atoms with Crippen LogP contribution in [0.3, 0.4) is 0 Å². The summed E-state index contributed by atoms with van der Waals surface area (Å²) in [5.74, 6) is -0.411. The first kappa shape index (κ1) is 15.9. The van der Waals surface area contributed by atoms with Crippen LogP contribution < -0.4 is 5.32 Å².